The summed E-state index contributed by atoms with van der Waals surface area (Å²) in [5, 5.41) is 3.22. The van der Waals surface area contributed by atoms with Gasteiger partial charge in [0.25, 0.3) is 10.0 Å². The van der Waals surface area contributed by atoms with E-state index in [9.17, 15) is 21.6 Å². The Morgan fingerprint density at radius 2 is 1.84 bits per heavy atom. The van der Waals surface area contributed by atoms with Gasteiger partial charge in [0.15, 0.2) is 0 Å². The van der Waals surface area contributed by atoms with Crippen molar-refractivity contribution in [1.29, 1.82) is 0 Å². The number of alkyl halides is 3. The zero-order valence-electron chi connectivity index (χ0n) is 27.1. The zero-order valence-corrected chi connectivity index (χ0v) is 28.7. The van der Waals surface area contributed by atoms with Gasteiger partial charge in [-0.2, -0.15) is 13.2 Å². The van der Waals surface area contributed by atoms with Crippen molar-refractivity contribution in [3.8, 4) is 11.5 Å². The Hall–Kier alpha value is -4.34. The van der Waals surface area contributed by atoms with Crippen molar-refractivity contribution in [2.45, 2.75) is 36.1 Å². The maximum absolute atomic E-state index is 15.9. The molecule has 10 nitrogen and oxygen atoms in total. The van der Waals surface area contributed by atoms with E-state index in [2.05, 4.69) is 15.3 Å². The van der Waals surface area contributed by atoms with Crippen molar-refractivity contribution < 1.29 is 35.5 Å². The van der Waals surface area contributed by atoms with Crippen LogP contribution in [0, 0.1) is 5.82 Å². The lowest BCUT2D eigenvalue weighted by molar-refractivity contribution is -0.137. The molecule has 16 heteroatoms. The standard InChI is InChI=1S/C33H35ClF4N6O4S/c1-42(2)29-19-43(23-7-5-6-22(14-23)33(36,37)38)13-11-27(29)41-28-17-26(35)31(16-25(28)34)49(45,46)44(32-10-12-39-20-40-32)18-21-8-9-24(47-3)15-30(21)48-4/h5-10,12,14-17,20,27,29,41H,11,13,18-19H2,1-4H3. The largest absolute Gasteiger partial charge is 0.497 e. The number of nitrogens with zero attached hydrogens (tertiary/aromatic N) is 5. The van der Waals surface area contributed by atoms with Crippen molar-refractivity contribution in [2.75, 3.05) is 55.9 Å². The third-order valence-electron chi connectivity index (χ3n) is 8.34. The maximum Gasteiger partial charge on any atom is 0.416 e. The maximum atomic E-state index is 15.9. The van der Waals surface area contributed by atoms with Crippen molar-refractivity contribution in [2.24, 2.45) is 0 Å². The molecule has 2 unspecified atom stereocenters. The Morgan fingerprint density at radius 3 is 2.49 bits per heavy atom. The molecule has 3 aromatic carbocycles. The van der Waals surface area contributed by atoms with Crippen LogP contribution in [-0.2, 0) is 22.7 Å². The minimum absolute atomic E-state index is 0.00745. The number of aromatic nitrogens is 2. The van der Waals surface area contributed by atoms with E-state index in [0.717, 1.165) is 28.6 Å². The van der Waals surface area contributed by atoms with Crippen LogP contribution < -0.4 is 24.0 Å². The first-order chi connectivity index (χ1) is 23.2. The Morgan fingerprint density at radius 1 is 1.06 bits per heavy atom. The summed E-state index contributed by atoms with van der Waals surface area (Å²) in [7, 11) is 2.00. The van der Waals surface area contributed by atoms with Gasteiger partial charge in [0, 0.05) is 54.8 Å². The van der Waals surface area contributed by atoms with Crippen LogP contribution in [0.15, 0.2) is 78.1 Å². The van der Waals surface area contributed by atoms with Crippen LogP contribution in [-0.4, -0.2) is 76.8 Å². The Balaban J connectivity index is 1.42. The smallest absolute Gasteiger partial charge is 0.416 e. The summed E-state index contributed by atoms with van der Waals surface area (Å²) in [6.45, 7) is 0.526. The topological polar surface area (TPSA) is 100 Å². The minimum Gasteiger partial charge on any atom is -0.497 e. The van der Waals surface area contributed by atoms with E-state index in [1.165, 1.54) is 38.9 Å². The molecule has 0 saturated carbocycles. The van der Waals surface area contributed by atoms with Gasteiger partial charge in [-0.25, -0.2) is 27.1 Å². The van der Waals surface area contributed by atoms with E-state index in [0.29, 0.717) is 42.3 Å². The number of benzene rings is 3. The highest BCUT2D eigenvalue weighted by Gasteiger charge is 2.35. The van der Waals surface area contributed by atoms with Crippen LogP contribution in [0.5, 0.6) is 11.5 Å². The van der Waals surface area contributed by atoms with E-state index in [1.807, 2.05) is 23.9 Å². The third-order valence-corrected chi connectivity index (χ3v) is 10.4. The first kappa shape index (κ1) is 36.0. The molecule has 0 aliphatic carbocycles. The molecule has 2 heterocycles. The number of rotatable bonds is 11. The number of anilines is 3. The summed E-state index contributed by atoms with van der Waals surface area (Å²) >= 11 is 6.63. The van der Waals surface area contributed by atoms with Gasteiger partial charge in [-0.05, 0) is 63.0 Å². The second-order valence-electron chi connectivity index (χ2n) is 11.6. The molecule has 1 aliphatic rings. The first-order valence-corrected chi connectivity index (χ1v) is 16.9. The Bertz CT molecular complexity index is 1890. The highest BCUT2D eigenvalue weighted by atomic mass is 35.5. The quantitative estimate of drug-likeness (QED) is 0.178. The van der Waals surface area contributed by atoms with E-state index < -0.39 is 32.5 Å². The molecule has 1 N–H and O–H groups in total. The van der Waals surface area contributed by atoms with Gasteiger partial charge in [0.05, 0.1) is 37.0 Å². The number of likely N-dealkylation sites (N-methyl/N-ethyl adjacent to an activating group) is 1. The monoisotopic (exact) mass is 722 g/mol. The predicted molar refractivity (Wildman–Crippen MR) is 180 cm³/mol. The molecule has 0 amide bonds. The van der Waals surface area contributed by atoms with E-state index in [-0.39, 0.29) is 35.2 Å². The molecular formula is C33H35ClF4N6O4S. The second kappa shape index (κ2) is 14.6. The van der Waals surface area contributed by atoms with E-state index >= 15 is 4.39 Å². The summed E-state index contributed by atoms with van der Waals surface area (Å²) in [5.41, 5.74) is 0.346. The molecular weight excluding hydrogens is 688 g/mol. The second-order valence-corrected chi connectivity index (χ2v) is 13.8. The van der Waals surface area contributed by atoms with Gasteiger partial charge in [0.2, 0.25) is 0 Å². The van der Waals surface area contributed by atoms with Crippen molar-refractivity contribution in [1.82, 2.24) is 14.9 Å². The lowest BCUT2D eigenvalue weighted by Crippen LogP contribution is -2.56. The van der Waals surface area contributed by atoms with Crippen LogP contribution in [0.2, 0.25) is 5.02 Å². The van der Waals surface area contributed by atoms with E-state index in [1.54, 1.807) is 24.3 Å². The molecule has 2 atom stereocenters. The van der Waals surface area contributed by atoms with E-state index in [4.69, 9.17) is 21.1 Å². The summed E-state index contributed by atoms with van der Waals surface area (Å²) in [4.78, 5) is 11.1. The SMILES string of the molecule is COc1ccc(CN(c2ccncn2)S(=O)(=O)c2cc(Cl)c(NC3CCN(c4cccc(C(F)(F)F)c4)CC3N(C)C)cc2F)c(OC)c1. The number of hydrogen-bond donors (Lipinski definition) is 1. The molecule has 49 heavy (non-hydrogen) atoms. The third kappa shape index (κ3) is 7.94. The molecule has 1 aliphatic heterocycles. The first-order valence-electron chi connectivity index (χ1n) is 15.1. The number of nitrogens with one attached hydrogen (secondary N) is 1. The fourth-order valence-electron chi connectivity index (χ4n) is 5.75. The van der Waals surface area contributed by atoms with Gasteiger partial charge in [0.1, 0.15) is 34.4 Å². The highest BCUT2D eigenvalue weighted by Crippen LogP contribution is 2.36. The van der Waals surface area contributed by atoms with Gasteiger partial charge in [-0.1, -0.05) is 17.7 Å². The van der Waals surface area contributed by atoms with Crippen LogP contribution in [0.4, 0.5) is 34.8 Å². The molecule has 0 spiro atoms. The number of halogens is 5. The van der Waals surface area contributed by atoms with Crippen LogP contribution in [0.25, 0.3) is 0 Å². The average molecular weight is 723 g/mol. The van der Waals surface area contributed by atoms with Gasteiger partial charge < -0.3 is 24.6 Å². The summed E-state index contributed by atoms with van der Waals surface area (Å²) in [6, 6.07) is 13.0. The molecule has 4 aromatic rings. The van der Waals surface area contributed by atoms with Crippen LogP contribution >= 0.6 is 11.6 Å². The molecule has 0 radical (unpaired) electrons. The summed E-state index contributed by atoms with van der Waals surface area (Å²) in [5.74, 6) is -0.209. The number of hydrogen-bond acceptors (Lipinski definition) is 9. The molecule has 1 fully saturated rings. The Kier molecular flexibility index (Phi) is 10.7. The predicted octanol–water partition coefficient (Wildman–Crippen LogP) is 6.32. The zero-order chi connectivity index (χ0) is 35.5. The highest BCUT2D eigenvalue weighted by molar-refractivity contribution is 7.92. The average Bonchev–Trinajstić information content (AvgIpc) is 3.08. The Labute approximate surface area is 287 Å². The van der Waals surface area contributed by atoms with Crippen molar-refractivity contribution >= 4 is 38.8 Å². The van der Waals surface area contributed by atoms with Crippen LogP contribution in [0.1, 0.15) is 17.5 Å². The lowest BCUT2D eigenvalue weighted by atomic mass is 9.97. The number of sulfonamides is 1. The molecule has 1 saturated heterocycles. The summed E-state index contributed by atoms with van der Waals surface area (Å²) < 4.78 is 95.9. The fourth-order valence-corrected chi connectivity index (χ4v) is 7.51. The number of ether oxygens (including phenoxy) is 2. The molecule has 262 valence electrons. The van der Waals surface area contributed by atoms with Gasteiger partial charge in [-0.15, -0.1) is 0 Å². The number of methoxy groups -OCH3 is 2. The molecule has 0 bridgehead atoms. The fraction of sp³-hybridized carbons (Fsp3) is 0.333. The molecule has 5 rings (SSSR count). The van der Waals surface area contributed by atoms with Crippen molar-refractivity contribution in [3.05, 3.63) is 95.2 Å². The van der Waals surface area contributed by atoms with Gasteiger partial charge >= 0.3 is 6.18 Å². The van der Waals surface area contributed by atoms with Crippen molar-refractivity contribution in [3.63, 3.8) is 0 Å². The normalized spacial score (nSPS) is 16.8. The minimum atomic E-state index is -4.60. The lowest BCUT2D eigenvalue weighted by Gasteiger charge is -2.43. The van der Waals surface area contributed by atoms with Crippen LogP contribution in [0.3, 0.4) is 0 Å². The summed E-state index contributed by atoms with van der Waals surface area (Å²) in [6.07, 6.45) is -1.45. The molecule has 1 aromatic heterocycles. The number of piperidine rings is 1. The van der Waals surface area contributed by atoms with Gasteiger partial charge in [-0.3, -0.25) is 0 Å².